The van der Waals surface area contributed by atoms with Crippen molar-refractivity contribution in [3.63, 3.8) is 0 Å². The topological polar surface area (TPSA) is 123 Å². The Kier molecular flexibility index (Phi) is 6.45. The summed E-state index contributed by atoms with van der Waals surface area (Å²) < 4.78 is 40.1. The van der Waals surface area contributed by atoms with Crippen molar-refractivity contribution in [3.8, 4) is 10.6 Å². The number of aromatic nitrogens is 3. The Morgan fingerprint density at radius 2 is 1.88 bits per heavy atom. The standard InChI is InChI=1S/C21H24F3N5O3S/c1-9-15(19-28-12-5-3-4-6-14(12)33-19)18(27-13-7-11(8-30)16(31)17(13)32)29-20(25-9)26-10(2)21(22,23)24/h3-6,10-11,13,16-17,30-32H,7-8H2,1-2H3,(H2,25,26,27,29)/t10-,11-,13-,16-,17+/m1/s1. The molecule has 2 heterocycles. The first-order valence-electron chi connectivity index (χ1n) is 10.4. The fourth-order valence-electron chi connectivity index (χ4n) is 3.88. The molecule has 12 heteroatoms. The molecule has 0 saturated heterocycles. The first-order valence-corrected chi connectivity index (χ1v) is 11.2. The van der Waals surface area contributed by atoms with E-state index in [-0.39, 0.29) is 24.8 Å². The minimum Gasteiger partial charge on any atom is -0.396 e. The third-order valence-corrected chi connectivity index (χ3v) is 6.85. The molecule has 1 fully saturated rings. The maximum atomic E-state index is 13.1. The van der Waals surface area contributed by atoms with Gasteiger partial charge in [0.2, 0.25) is 5.95 Å². The van der Waals surface area contributed by atoms with Gasteiger partial charge in [-0.2, -0.15) is 18.2 Å². The van der Waals surface area contributed by atoms with Gasteiger partial charge in [-0.3, -0.25) is 0 Å². The van der Waals surface area contributed by atoms with Crippen LogP contribution in [0.15, 0.2) is 24.3 Å². The van der Waals surface area contributed by atoms with E-state index in [4.69, 9.17) is 0 Å². The zero-order chi connectivity index (χ0) is 23.9. The number of hydrogen-bond donors (Lipinski definition) is 5. The molecule has 2 aromatic heterocycles. The molecule has 1 aliphatic rings. The third kappa shape index (κ3) is 4.74. The maximum Gasteiger partial charge on any atom is 0.408 e. The van der Waals surface area contributed by atoms with Crippen molar-refractivity contribution < 1.29 is 28.5 Å². The summed E-state index contributed by atoms with van der Waals surface area (Å²) in [6, 6.07) is 4.93. The number of nitrogens with zero attached hydrogens (tertiary/aromatic N) is 3. The number of thiazole rings is 1. The summed E-state index contributed by atoms with van der Waals surface area (Å²) >= 11 is 1.38. The molecule has 178 valence electrons. The number of nitrogens with one attached hydrogen (secondary N) is 2. The number of benzene rings is 1. The number of hydrogen-bond acceptors (Lipinski definition) is 9. The van der Waals surface area contributed by atoms with Gasteiger partial charge in [-0.05, 0) is 32.4 Å². The van der Waals surface area contributed by atoms with Gasteiger partial charge in [-0.1, -0.05) is 12.1 Å². The molecule has 1 aliphatic carbocycles. The fraction of sp³-hybridized carbons (Fsp3) is 0.476. The third-order valence-electron chi connectivity index (χ3n) is 5.79. The van der Waals surface area contributed by atoms with Gasteiger partial charge in [-0.25, -0.2) is 9.97 Å². The molecule has 8 nitrogen and oxygen atoms in total. The van der Waals surface area contributed by atoms with Crippen LogP contribution in [-0.2, 0) is 0 Å². The zero-order valence-corrected chi connectivity index (χ0v) is 18.7. The molecule has 1 aromatic carbocycles. The van der Waals surface area contributed by atoms with Crippen molar-refractivity contribution in [3.05, 3.63) is 30.0 Å². The molecule has 1 saturated carbocycles. The van der Waals surface area contributed by atoms with Crippen molar-refractivity contribution >= 4 is 33.3 Å². The first-order chi connectivity index (χ1) is 15.6. The number of rotatable bonds is 6. The SMILES string of the molecule is Cc1nc(N[C@H](C)C(F)(F)F)nc(N[C@@H]2C[C@H](CO)[C@@H](O)[C@H]2O)c1-c1nc2ccccc2s1. The second-order valence-corrected chi connectivity index (χ2v) is 9.19. The molecular weight excluding hydrogens is 459 g/mol. The molecule has 0 radical (unpaired) electrons. The minimum atomic E-state index is -4.49. The Morgan fingerprint density at radius 3 is 2.52 bits per heavy atom. The van der Waals surface area contributed by atoms with E-state index in [9.17, 15) is 28.5 Å². The molecule has 3 aromatic rings. The van der Waals surface area contributed by atoms with Crippen LogP contribution in [0.3, 0.4) is 0 Å². The summed E-state index contributed by atoms with van der Waals surface area (Å²) in [7, 11) is 0. The quantitative estimate of drug-likeness (QED) is 0.363. The zero-order valence-electron chi connectivity index (χ0n) is 17.8. The number of aliphatic hydroxyl groups excluding tert-OH is 3. The Morgan fingerprint density at radius 1 is 1.15 bits per heavy atom. The lowest BCUT2D eigenvalue weighted by molar-refractivity contribution is -0.138. The van der Waals surface area contributed by atoms with Crippen LogP contribution in [0.2, 0.25) is 0 Å². The Bertz CT molecular complexity index is 1110. The van der Waals surface area contributed by atoms with Crippen molar-refractivity contribution in [2.75, 3.05) is 17.2 Å². The monoisotopic (exact) mass is 483 g/mol. The summed E-state index contributed by atoms with van der Waals surface area (Å²) in [6.45, 7) is 2.31. The predicted octanol–water partition coefficient (Wildman–Crippen LogP) is 2.94. The molecular formula is C21H24F3N5O3S. The molecule has 33 heavy (non-hydrogen) atoms. The van der Waals surface area contributed by atoms with Crippen LogP contribution in [0.1, 0.15) is 19.0 Å². The molecule has 4 rings (SSSR count). The van der Waals surface area contributed by atoms with Crippen LogP contribution in [-0.4, -0.2) is 67.3 Å². The van der Waals surface area contributed by atoms with Crippen molar-refractivity contribution in [1.29, 1.82) is 0 Å². The number of para-hydroxylation sites is 1. The molecule has 0 bridgehead atoms. The molecule has 5 N–H and O–H groups in total. The van der Waals surface area contributed by atoms with E-state index >= 15 is 0 Å². The Hall–Kier alpha value is -2.54. The maximum absolute atomic E-state index is 13.1. The predicted molar refractivity (Wildman–Crippen MR) is 119 cm³/mol. The van der Waals surface area contributed by atoms with Crippen LogP contribution in [0.4, 0.5) is 24.9 Å². The second kappa shape index (κ2) is 9.01. The van der Waals surface area contributed by atoms with Gasteiger partial charge in [-0.15, -0.1) is 11.3 Å². The number of halogens is 3. The van der Waals surface area contributed by atoms with E-state index in [1.165, 1.54) is 11.3 Å². The smallest absolute Gasteiger partial charge is 0.396 e. The average Bonchev–Trinajstić information content (AvgIpc) is 3.28. The van der Waals surface area contributed by atoms with Gasteiger partial charge in [0.1, 0.15) is 23.0 Å². The highest BCUT2D eigenvalue weighted by Gasteiger charge is 2.42. The number of aryl methyl sites for hydroxylation is 1. The van der Waals surface area contributed by atoms with Gasteiger partial charge in [0.25, 0.3) is 0 Å². The lowest BCUT2D eigenvalue weighted by Gasteiger charge is -2.22. The van der Waals surface area contributed by atoms with E-state index in [0.29, 0.717) is 16.3 Å². The highest BCUT2D eigenvalue weighted by Crippen LogP contribution is 2.38. The molecule has 0 unspecified atom stereocenters. The van der Waals surface area contributed by atoms with E-state index in [2.05, 4.69) is 25.6 Å². The summed E-state index contributed by atoms with van der Waals surface area (Å²) in [4.78, 5) is 13.1. The molecule has 0 amide bonds. The van der Waals surface area contributed by atoms with Gasteiger partial charge in [0, 0.05) is 12.5 Å². The van der Waals surface area contributed by atoms with Gasteiger partial charge < -0.3 is 26.0 Å². The first kappa shape index (κ1) is 23.6. The van der Waals surface area contributed by atoms with E-state index in [0.717, 1.165) is 17.1 Å². The minimum absolute atomic E-state index is 0.188. The molecule has 0 aliphatic heterocycles. The highest BCUT2D eigenvalue weighted by molar-refractivity contribution is 7.21. The van der Waals surface area contributed by atoms with Crippen LogP contribution in [0.25, 0.3) is 20.8 Å². The number of aliphatic hydroxyl groups is 3. The van der Waals surface area contributed by atoms with Crippen LogP contribution >= 0.6 is 11.3 Å². The highest BCUT2D eigenvalue weighted by atomic mass is 32.1. The van der Waals surface area contributed by atoms with Crippen molar-refractivity contribution in [2.45, 2.75) is 50.7 Å². The van der Waals surface area contributed by atoms with Gasteiger partial charge in [0.15, 0.2) is 0 Å². The summed E-state index contributed by atoms with van der Waals surface area (Å²) in [5, 5.41) is 36.0. The average molecular weight is 484 g/mol. The summed E-state index contributed by atoms with van der Waals surface area (Å²) in [5.74, 6) is -0.570. The Balaban J connectivity index is 1.76. The van der Waals surface area contributed by atoms with Crippen LogP contribution in [0.5, 0.6) is 0 Å². The number of alkyl halides is 3. The largest absolute Gasteiger partial charge is 0.408 e. The van der Waals surface area contributed by atoms with E-state index < -0.39 is 36.4 Å². The van der Waals surface area contributed by atoms with Gasteiger partial charge >= 0.3 is 6.18 Å². The fourth-order valence-corrected chi connectivity index (χ4v) is 4.94. The Labute approximate surface area is 191 Å². The van der Waals surface area contributed by atoms with E-state index in [1.54, 1.807) is 6.92 Å². The number of anilines is 2. The van der Waals surface area contributed by atoms with Crippen LogP contribution in [0, 0.1) is 12.8 Å². The number of fused-ring (bicyclic) bond motifs is 1. The van der Waals surface area contributed by atoms with Crippen molar-refractivity contribution in [2.24, 2.45) is 5.92 Å². The lowest BCUT2D eigenvalue weighted by atomic mass is 10.1. The molecule has 0 spiro atoms. The lowest BCUT2D eigenvalue weighted by Crippen LogP contribution is -2.36. The summed E-state index contributed by atoms with van der Waals surface area (Å²) in [5.41, 5.74) is 1.65. The normalized spacial score (nSPS) is 24.2. The van der Waals surface area contributed by atoms with E-state index in [1.807, 2.05) is 24.3 Å². The van der Waals surface area contributed by atoms with Crippen LogP contribution < -0.4 is 10.6 Å². The molecule has 5 atom stereocenters. The van der Waals surface area contributed by atoms with Crippen molar-refractivity contribution in [1.82, 2.24) is 15.0 Å². The van der Waals surface area contributed by atoms with Gasteiger partial charge in [0.05, 0.1) is 33.6 Å². The summed E-state index contributed by atoms with van der Waals surface area (Å²) in [6.07, 6.45) is -6.56. The second-order valence-electron chi connectivity index (χ2n) is 8.16.